The van der Waals surface area contributed by atoms with Crippen LogP contribution in [0.4, 0.5) is 17.1 Å². The van der Waals surface area contributed by atoms with Crippen molar-refractivity contribution >= 4 is 39.0 Å². The van der Waals surface area contributed by atoms with Crippen molar-refractivity contribution in [2.75, 3.05) is 4.90 Å². The lowest BCUT2D eigenvalue weighted by atomic mass is 9.43. The number of rotatable bonds is 3. The number of fused-ring (bicyclic) bond motifs is 9. The molecule has 284 valence electrons. The second kappa shape index (κ2) is 10.9. The van der Waals surface area contributed by atoms with Crippen molar-refractivity contribution in [3.05, 3.63) is 150 Å². The Kier molecular flexibility index (Phi) is 6.01. The molecule has 7 aromatic rings. The van der Waals surface area contributed by atoms with Crippen molar-refractivity contribution in [3.8, 4) is 22.3 Å². The summed E-state index contributed by atoms with van der Waals surface area (Å²) < 4.78 is 6.59. The second-order valence-electron chi connectivity index (χ2n) is 20.5. The molecule has 0 unspecified atom stereocenters. The molecule has 0 amide bonds. The molecule has 0 N–H and O–H groups in total. The number of para-hydroxylation sites is 1. The Bertz CT molecular complexity index is 2710. The van der Waals surface area contributed by atoms with Crippen LogP contribution in [-0.2, 0) is 10.8 Å². The van der Waals surface area contributed by atoms with Gasteiger partial charge in [-0.1, -0.05) is 78.9 Å². The van der Waals surface area contributed by atoms with E-state index >= 15 is 0 Å². The molecule has 1 aromatic heterocycles. The van der Waals surface area contributed by atoms with Crippen molar-refractivity contribution in [1.29, 1.82) is 0 Å². The largest absolute Gasteiger partial charge is 0.456 e. The van der Waals surface area contributed by atoms with Gasteiger partial charge < -0.3 is 9.32 Å². The summed E-state index contributed by atoms with van der Waals surface area (Å²) in [6.45, 7) is 0. The lowest BCUT2D eigenvalue weighted by Gasteiger charge is -2.61. The van der Waals surface area contributed by atoms with Crippen molar-refractivity contribution in [2.24, 2.45) is 47.3 Å². The third kappa shape index (κ3) is 3.79. The summed E-state index contributed by atoms with van der Waals surface area (Å²) in [5.74, 6) is 6.81. The molecular weight excluding hydrogens is 703 g/mol. The fourth-order valence-electron chi connectivity index (χ4n) is 16.9. The van der Waals surface area contributed by atoms with Crippen LogP contribution in [0.1, 0.15) is 86.5 Å². The average molecular weight is 752 g/mol. The van der Waals surface area contributed by atoms with E-state index in [1.54, 1.807) is 22.3 Å². The van der Waals surface area contributed by atoms with Gasteiger partial charge in [0.1, 0.15) is 11.2 Å². The first kappa shape index (κ1) is 31.9. The molecule has 6 aromatic carbocycles. The van der Waals surface area contributed by atoms with E-state index in [1.165, 1.54) is 109 Å². The molecule has 10 aliphatic rings. The number of anilines is 3. The molecule has 1 heterocycles. The molecule has 58 heavy (non-hydrogen) atoms. The monoisotopic (exact) mass is 751 g/mol. The van der Waals surface area contributed by atoms with Gasteiger partial charge in [0.15, 0.2) is 0 Å². The maximum absolute atomic E-state index is 6.59. The van der Waals surface area contributed by atoms with Crippen molar-refractivity contribution < 1.29 is 4.42 Å². The Labute approximate surface area is 341 Å². The summed E-state index contributed by atoms with van der Waals surface area (Å²) in [4.78, 5) is 2.56. The first-order valence-electron chi connectivity index (χ1n) is 22.8. The predicted octanol–water partition coefficient (Wildman–Crippen LogP) is 14.5. The van der Waals surface area contributed by atoms with Gasteiger partial charge in [-0.3, -0.25) is 0 Å². The van der Waals surface area contributed by atoms with Crippen LogP contribution in [0.3, 0.4) is 0 Å². The molecule has 8 fully saturated rings. The highest BCUT2D eigenvalue weighted by Crippen LogP contribution is 2.71. The van der Waals surface area contributed by atoms with Gasteiger partial charge in [0.2, 0.25) is 0 Å². The number of benzene rings is 6. The third-order valence-electron chi connectivity index (χ3n) is 18.2. The van der Waals surface area contributed by atoms with Crippen LogP contribution in [0.2, 0.25) is 0 Å². The molecule has 10 aliphatic carbocycles. The first-order chi connectivity index (χ1) is 28.6. The van der Waals surface area contributed by atoms with Gasteiger partial charge in [-0.15, -0.1) is 0 Å². The third-order valence-corrected chi connectivity index (χ3v) is 18.2. The number of hydrogen-bond donors (Lipinski definition) is 0. The smallest absolute Gasteiger partial charge is 0.137 e. The molecule has 8 bridgehead atoms. The van der Waals surface area contributed by atoms with E-state index in [1.807, 2.05) is 0 Å². The van der Waals surface area contributed by atoms with Gasteiger partial charge in [0, 0.05) is 44.7 Å². The minimum absolute atomic E-state index is 0.167. The van der Waals surface area contributed by atoms with Gasteiger partial charge in [-0.05, 0) is 199 Å². The summed E-state index contributed by atoms with van der Waals surface area (Å²) in [6, 6.07) is 49.9. The minimum atomic E-state index is 0.167. The van der Waals surface area contributed by atoms with E-state index in [0.717, 1.165) is 64.2 Å². The average Bonchev–Trinajstić information content (AvgIpc) is 3.86. The summed E-state index contributed by atoms with van der Waals surface area (Å²) in [5, 5.41) is 2.36. The molecule has 2 nitrogen and oxygen atoms in total. The van der Waals surface area contributed by atoms with Crippen LogP contribution < -0.4 is 4.90 Å². The van der Waals surface area contributed by atoms with E-state index in [-0.39, 0.29) is 10.8 Å². The summed E-state index contributed by atoms with van der Waals surface area (Å²) in [7, 11) is 0. The van der Waals surface area contributed by atoms with Crippen molar-refractivity contribution in [1.82, 2.24) is 0 Å². The Morgan fingerprint density at radius 2 is 0.776 bits per heavy atom. The minimum Gasteiger partial charge on any atom is -0.456 e. The van der Waals surface area contributed by atoms with E-state index in [9.17, 15) is 0 Å². The number of furan rings is 1. The van der Waals surface area contributed by atoms with E-state index in [4.69, 9.17) is 4.42 Å². The molecule has 0 aliphatic heterocycles. The number of hydrogen-bond acceptors (Lipinski definition) is 2. The first-order valence-corrected chi connectivity index (χ1v) is 22.8. The fourth-order valence-corrected chi connectivity index (χ4v) is 16.9. The fraction of sp³-hybridized carbons (Fsp3) is 0.357. The number of nitrogens with zero attached hydrogens (tertiary/aromatic N) is 1. The molecule has 17 rings (SSSR count). The van der Waals surface area contributed by atoms with Crippen LogP contribution in [0.5, 0.6) is 0 Å². The predicted molar refractivity (Wildman–Crippen MR) is 235 cm³/mol. The zero-order valence-corrected chi connectivity index (χ0v) is 33.2. The van der Waals surface area contributed by atoms with E-state index in [0.29, 0.717) is 0 Å². The lowest BCUT2D eigenvalue weighted by Crippen LogP contribution is -2.55. The summed E-state index contributed by atoms with van der Waals surface area (Å²) in [6.07, 6.45) is 14.2. The molecule has 0 radical (unpaired) electrons. The van der Waals surface area contributed by atoms with Crippen LogP contribution in [0, 0.1) is 47.3 Å². The summed E-state index contributed by atoms with van der Waals surface area (Å²) >= 11 is 0. The van der Waals surface area contributed by atoms with Gasteiger partial charge in [0.25, 0.3) is 0 Å². The molecular formula is C56H49NO. The Morgan fingerprint density at radius 1 is 0.362 bits per heavy atom. The topological polar surface area (TPSA) is 16.4 Å². The summed E-state index contributed by atoms with van der Waals surface area (Å²) in [5.41, 5.74) is 18.2. The van der Waals surface area contributed by atoms with Crippen LogP contribution in [-0.4, -0.2) is 0 Å². The van der Waals surface area contributed by atoms with Gasteiger partial charge in [-0.2, -0.15) is 0 Å². The van der Waals surface area contributed by atoms with Crippen LogP contribution in [0.15, 0.2) is 132 Å². The molecule has 0 atom stereocenters. The standard InChI is InChI=1S/C56H49NO/c1-4-10-49-43(7-1)47-29-40(14-17-51(47)55(49)36-21-32-19-33(23-36)24-37(55)22-32)57(42-13-16-46-45-9-3-6-12-53(45)58-54(46)31-42)41-15-18-52-48(30-41)44-8-2-5-11-50(44)56(52)38-25-34-20-35(27-38)28-39(56)26-34/h1-18,29-39H,19-28H2. The quantitative estimate of drug-likeness (QED) is 0.179. The Morgan fingerprint density at radius 3 is 1.31 bits per heavy atom. The lowest BCUT2D eigenvalue weighted by molar-refractivity contribution is -0.0399. The van der Waals surface area contributed by atoms with E-state index < -0.39 is 0 Å². The van der Waals surface area contributed by atoms with E-state index in [2.05, 4.69) is 132 Å². The maximum atomic E-state index is 6.59. The molecule has 8 saturated carbocycles. The molecule has 2 heteroatoms. The van der Waals surface area contributed by atoms with Gasteiger partial charge >= 0.3 is 0 Å². The SMILES string of the molecule is c1ccc2c(c1)-c1cc(N(c3ccc4c(c3)-c3ccccc3C43C4CC5CC(C4)CC3C5)c3ccc4c(c3)oc3ccccc34)ccc1C21C2CC3CC(C2)CC1C3. The second-order valence-corrected chi connectivity index (χ2v) is 20.5. The highest BCUT2D eigenvalue weighted by atomic mass is 16.3. The highest BCUT2D eigenvalue weighted by molar-refractivity contribution is 6.06. The zero-order chi connectivity index (χ0) is 37.5. The normalized spacial score (nSPS) is 33.7. The van der Waals surface area contributed by atoms with Gasteiger partial charge in [0.05, 0.1) is 0 Å². The van der Waals surface area contributed by atoms with Crippen LogP contribution >= 0.6 is 0 Å². The molecule has 0 saturated heterocycles. The van der Waals surface area contributed by atoms with Crippen LogP contribution in [0.25, 0.3) is 44.2 Å². The molecule has 2 spiro atoms. The van der Waals surface area contributed by atoms with Gasteiger partial charge in [-0.25, -0.2) is 0 Å². The van der Waals surface area contributed by atoms with Crippen molar-refractivity contribution in [2.45, 2.75) is 75.0 Å². The Balaban J connectivity index is 0.941. The highest BCUT2D eigenvalue weighted by Gasteiger charge is 2.63. The Hall–Kier alpha value is -5.08. The van der Waals surface area contributed by atoms with Crippen molar-refractivity contribution in [3.63, 3.8) is 0 Å². The maximum Gasteiger partial charge on any atom is 0.137 e. The zero-order valence-electron chi connectivity index (χ0n) is 33.2.